The smallest absolute Gasteiger partial charge is 0.183 e. The summed E-state index contributed by atoms with van der Waals surface area (Å²) in [6, 6.07) is 63.9. The summed E-state index contributed by atoms with van der Waals surface area (Å²) in [5, 5.41) is 4.99. The van der Waals surface area contributed by atoms with Crippen molar-refractivity contribution < 1.29 is 4.57 Å². The van der Waals surface area contributed by atoms with Gasteiger partial charge in [-0.2, -0.15) is 0 Å². The number of anilines is 9. The normalized spacial score (nSPS) is 14.0. The van der Waals surface area contributed by atoms with Crippen molar-refractivity contribution in [1.82, 2.24) is 0 Å². The van der Waals surface area contributed by atoms with Crippen LogP contribution in [0.2, 0.25) is 0 Å². The Bertz CT molecular complexity index is 3250. The number of rotatable bonds is 5. The van der Waals surface area contributed by atoms with E-state index in [-0.39, 0.29) is 0 Å². The summed E-state index contributed by atoms with van der Waals surface area (Å²) < 4.78 is 17.3. The molecule has 0 unspecified atom stereocenters. The van der Waals surface area contributed by atoms with Gasteiger partial charge in [0.25, 0.3) is 0 Å². The van der Waals surface area contributed by atoms with Gasteiger partial charge in [0.05, 0.1) is 55.7 Å². The van der Waals surface area contributed by atoms with Gasteiger partial charge in [0.15, 0.2) is 7.14 Å². The molecule has 3 aliphatic rings. The minimum atomic E-state index is -3.51. The Morgan fingerprint density at radius 1 is 0.323 bits per heavy atom. The van der Waals surface area contributed by atoms with E-state index in [2.05, 4.69) is 225 Å². The van der Waals surface area contributed by atoms with Gasteiger partial charge in [0.2, 0.25) is 0 Å². The fourth-order valence-electron chi connectivity index (χ4n) is 10.4. The van der Waals surface area contributed by atoms with Crippen molar-refractivity contribution in [3.05, 3.63) is 204 Å². The zero-order valence-corrected chi connectivity index (χ0v) is 36.3. The quantitative estimate of drug-likeness (QED) is 0.162. The van der Waals surface area contributed by atoms with Crippen molar-refractivity contribution in [2.75, 3.05) is 14.7 Å². The molecule has 0 saturated carbocycles. The van der Waals surface area contributed by atoms with Crippen molar-refractivity contribution in [2.45, 2.75) is 34.6 Å². The molecule has 0 atom stereocenters. The highest BCUT2D eigenvalue weighted by Gasteiger charge is 2.54. The van der Waals surface area contributed by atoms with Crippen LogP contribution in [-0.4, -0.2) is 0 Å². The number of hydrogen-bond acceptors (Lipinski definition) is 4. The summed E-state index contributed by atoms with van der Waals surface area (Å²) in [5.41, 5.74) is 19.4. The fraction of sp³-hybridized carbons (Fsp3) is 0.0877. The lowest BCUT2D eigenvalue weighted by molar-refractivity contribution is 0.592. The van der Waals surface area contributed by atoms with Crippen LogP contribution < -0.4 is 30.6 Å². The van der Waals surface area contributed by atoms with E-state index in [9.17, 15) is 0 Å². The van der Waals surface area contributed by atoms with Crippen LogP contribution in [0.5, 0.6) is 0 Å². The van der Waals surface area contributed by atoms with Gasteiger partial charge in [-0.05, 0) is 152 Å². The van der Waals surface area contributed by atoms with Crippen LogP contribution in [0, 0.1) is 34.6 Å². The molecule has 298 valence electrons. The lowest BCUT2D eigenvalue weighted by atomic mass is 9.94. The van der Waals surface area contributed by atoms with E-state index in [1.165, 1.54) is 33.4 Å². The highest BCUT2D eigenvalue weighted by molar-refractivity contribution is 7.87. The first-order valence-corrected chi connectivity index (χ1v) is 23.1. The van der Waals surface area contributed by atoms with E-state index in [0.717, 1.165) is 94.6 Å². The third-order valence-corrected chi connectivity index (χ3v) is 16.3. The predicted molar refractivity (Wildman–Crippen MR) is 263 cm³/mol. The molecule has 3 aliphatic heterocycles. The molecule has 0 aliphatic carbocycles. The average molecular weight is 818 g/mol. The van der Waals surface area contributed by atoms with Crippen LogP contribution in [0.4, 0.5) is 51.2 Å². The monoisotopic (exact) mass is 817 g/mol. The average Bonchev–Trinajstić information content (AvgIpc) is 3.27. The summed E-state index contributed by atoms with van der Waals surface area (Å²) in [4.78, 5) is 7.19. The van der Waals surface area contributed by atoms with Gasteiger partial charge in [-0.15, -0.1) is 0 Å². The first-order chi connectivity index (χ1) is 30.2. The second kappa shape index (κ2) is 13.4. The van der Waals surface area contributed by atoms with Gasteiger partial charge >= 0.3 is 0 Å². The maximum atomic E-state index is 17.3. The maximum Gasteiger partial charge on any atom is 0.183 e. The van der Waals surface area contributed by atoms with Crippen molar-refractivity contribution in [3.8, 4) is 22.3 Å². The van der Waals surface area contributed by atoms with Crippen molar-refractivity contribution in [3.63, 3.8) is 0 Å². The number of aryl methyl sites for hydroxylation is 5. The second-order valence-corrected chi connectivity index (χ2v) is 19.9. The summed E-state index contributed by atoms with van der Waals surface area (Å²) in [6.07, 6.45) is 0. The molecule has 0 spiro atoms. The molecule has 3 heterocycles. The predicted octanol–water partition coefficient (Wildman–Crippen LogP) is 14.7. The Hall–Kier alpha value is -7.13. The van der Waals surface area contributed by atoms with E-state index in [0.29, 0.717) is 0 Å². The minimum absolute atomic E-state index is 0.895. The van der Waals surface area contributed by atoms with Crippen molar-refractivity contribution in [1.29, 1.82) is 0 Å². The van der Waals surface area contributed by atoms with E-state index >= 15 is 4.57 Å². The van der Waals surface area contributed by atoms with E-state index in [4.69, 9.17) is 0 Å². The van der Waals surface area contributed by atoms with Gasteiger partial charge in [-0.3, -0.25) is 0 Å². The number of hydrogen-bond donors (Lipinski definition) is 0. The van der Waals surface area contributed by atoms with Crippen LogP contribution in [0.15, 0.2) is 176 Å². The molecule has 0 radical (unpaired) electrons. The van der Waals surface area contributed by atoms with Crippen LogP contribution in [0.1, 0.15) is 27.8 Å². The molecule has 12 rings (SSSR count). The summed E-state index contributed by atoms with van der Waals surface area (Å²) in [6.45, 7) is 10.8. The SMILES string of the molecule is Cc1ccc(N2c3cc(C)cc4c3P3(=O)c5c2cc(C)cc5N(c2ccc(-c5cccc(-c6ccccc6)c5)c5ccccc25)c2cc(C)cc(c23)N4c2ccc(C)cc2)cc1. The molecule has 0 aromatic heterocycles. The first-order valence-electron chi connectivity index (χ1n) is 21.4. The lowest BCUT2D eigenvalue weighted by Crippen LogP contribution is -2.48. The van der Waals surface area contributed by atoms with E-state index < -0.39 is 7.14 Å². The lowest BCUT2D eigenvalue weighted by Gasteiger charge is -2.50. The summed E-state index contributed by atoms with van der Waals surface area (Å²) in [7, 11) is -3.51. The first kappa shape index (κ1) is 36.7. The standard InChI is InChI=1S/C57H44N3OP/c1-35-18-22-43(23-19-35)58-49-28-37(3)29-50-55(49)62(61)56-51(58)30-38(4)32-53(56)60(54-33-39(5)31-52(57(54)62)59(50)44-24-20-36(2)21-25-44)48-27-26-45(46-16-9-10-17-47(46)48)42-15-11-14-41(34-42)40-12-7-6-8-13-40/h6-34H,1-5H3. The van der Waals surface area contributed by atoms with Crippen molar-refractivity contribution in [2.24, 2.45) is 0 Å². The van der Waals surface area contributed by atoms with Gasteiger partial charge < -0.3 is 19.3 Å². The molecule has 5 heteroatoms. The topological polar surface area (TPSA) is 26.8 Å². The van der Waals surface area contributed by atoms with Crippen LogP contribution in [-0.2, 0) is 4.57 Å². The molecule has 0 N–H and O–H groups in total. The largest absolute Gasteiger partial charge is 0.309 e. The van der Waals surface area contributed by atoms with Gasteiger partial charge in [-0.1, -0.05) is 114 Å². The van der Waals surface area contributed by atoms with E-state index in [1.807, 2.05) is 0 Å². The van der Waals surface area contributed by atoms with Crippen LogP contribution >= 0.6 is 7.14 Å². The number of fused-ring (bicyclic) bond motifs is 1. The van der Waals surface area contributed by atoms with Crippen LogP contribution in [0.25, 0.3) is 33.0 Å². The van der Waals surface area contributed by atoms with Crippen molar-refractivity contribution >= 4 is 85.0 Å². The number of nitrogens with zero attached hydrogens (tertiary/aromatic N) is 3. The van der Waals surface area contributed by atoms with Gasteiger partial charge in [-0.25, -0.2) is 0 Å². The molecule has 9 aromatic carbocycles. The third-order valence-electron chi connectivity index (χ3n) is 13.0. The second-order valence-electron chi connectivity index (χ2n) is 17.4. The summed E-state index contributed by atoms with van der Waals surface area (Å²) >= 11 is 0. The Labute approximate surface area is 363 Å². The molecular formula is C57H44N3OP. The minimum Gasteiger partial charge on any atom is -0.309 e. The molecule has 0 bridgehead atoms. The molecule has 0 amide bonds. The maximum absolute atomic E-state index is 17.3. The summed E-state index contributed by atoms with van der Waals surface area (Å²) in [5.74, 6) is 0. The molecular weight excluding hydrogens is 774 g/mol. The Morgan fingerprint density at radius 3 is 1.24 bits per heavy atom. The molecule has 9 aromatic rings. The van der Waals surface area contributed by atoms with Gasteiger partial charge in [0, 0.05) is 16.8 Å². The Kier molecular flexibility index (Phi) is 7.95. The highest BCUT2D eigenvalue weighted by atomic mass is 31.2. The van der Waals surface area contributed by atoms with Gasteiger partial charge in [0.1, 0.15) is 0 Å². The van der Waals surface area contributed by atoms with Crippen LogP contribution in [0.3, 0.4) is 0 Å². The molecule has 62 heavy (non-hydrogen) atoms. The fourth-order valence-corrected chi connectivity index (χ4v) is 14.0. The zero-order valence-electron chi connectivity index (χ0n) is 35.4. The Morgan fingerprint density at radius 2 is 0.742 bits per heavy atom. The molecule has 0 fully saturated rings. The highest BCUT2D eigenvalue weighted by Crippen LogP contribution is 2.67. The molecule has 4 nitrogen and oxygen atoms in total. The zero-order chi connectivity index (χ0) is 42.0. The third kappa shape index (κ3) is 5.23. The Balaban J connectivity index is 1.19. The van der Waals surface area contributed by atoms with E-state index in [1.54, 1.807) is 0 Å². The number of benzene rings is 9. The molecule has 0 saturated heterocycles.